The number of carbonyl (C=O) groups is 1. The van der Waals surface area contributed by atoms with Crippen LogP contribution in [0.3, 0.4) is 0 Å². The fourth-order valence-electron chi connectivity index (χ4n) is 0.302. The van der Waals surface area contributed by atoms with Crippen molar-refractivity contribution in [1.82, 2.24) is 4.31 Å². The number of hydrogen-bond donors (Lipinski definition) is 0. The minimum atomic E-state index is -3.53. The first-order valence-electron chi connectivity index (χ1n) is 2.31. The summed E-state index contributed by atoms with van der Waals surface area (Å²) in [5, 5.41) is 8.02. The molecule has 0 atom stereocenters. The predicted octanol–water partition coefficient (Wildman–Crippen LogP) is -1.07. The van der Waals surface area contributed by atoms with Crippen LogP contribution in [0.2, 0.25) is 0 Å². The average molecular weight is 162 g/mol. The second kappa shape index (κ2) is 3.17. The largest absolute Gasteiger partial charge is 0.278 e. The van der Waals surface area contributed by atoms with E-state index in [0.29, 0.717) is 4.31 Å². The van der Waals surface area contributed by atoms with Crippen molar-refractivity contribution < 1.29 is 13.2 Å². The summed E-state index contributed by atoms with van der Waals surface area (Å²) in [5.74, 6) is 0. The van der Waals surface area contributed by atoms with E-state index < -0.39 is 16.6 Å². The molecule has 0 saturated carbocycles. The van der Waals surface area contributed by atoms with Gasteiger partial charge in [0.05, 0.1) is 12.3 Å². The Kier molecular flexibility index (Phi) is 2.83. The van der Waals surface area contributed by atoms with Crippen molar-refractivity contribution in [1.29, 1.82) is 5.26 Å². The standard InChI is InChI=1S/C4H6N2O3S/c1-10(8,9)6(4-7)3-2-5/h4H,3H2,1H3. The van der Waals surface area contributed by atoms with Gasteiger partial charge in [0.1, 0.15) is 6.54 Å². The van der Waals surface area contributed by atoms with E-state index in [0.717, 1.165) is 6.26 Å². The first-order valence-corrected chi connectivity index (χ1v) is 4.16. The first-order chi connectivity index (χ1) is 4.52. The van der Waals surface area contributed by atoms with E-state index in [4.69, 9.17) is 5.26 Å². The number of nitriles is 1. The minimum Gasteiger partial charge on any atom is -0.278 e. The molecule has 0 aromatic rings. The van der Waals surface area contributed by atoms with Gasteiger partial charge in [-0.2, -0.15) is 5.26 Å². The van der Waals surface area contributed by atoms with Gasteiger partial charge in [0.2, 0.25) is 16.4 Å². The average Bonchev–Trinajstić information content (AvgIpc) is 1.80. The molecule has 0 N–H and O–H groups in total. The minimum absolute atomic E-state index is 0.110. The molecule has 6 heteroatoms. The van der Waals surface area contributed by atoms with Gasteiger partial charge in [-0.1, -0.05) is 0 Å². The van der Waals surface area contributed by atoms with Crippen molar-refractivity contribution in [2.45, 2.75) is 0 Å². The highest BCUT2D eigenvalue weighted by atomic mass is 32.2. The Balaban J connectivity index is 4.41. The molecule has 0 heterocycles. The molecule has 10 heavy (non-hydrogen) atoms. The van der Waals surface area contributed by atoms with Crippen molar-refractivity contribution in [3.8, 4) is 6.07 Å². The molecule has 0 rings (SSSR count). The van der Waals surface area contributed by atoms with Gasteiger partial charge in [-0.3, -0.25) is 4.79 Å². The van der Waals surface area contributed by atoms with E-state index in [1.54, 1.807) is 6.07 Å². The van der Waals surface area contributed by atoms with E-state index in [1.165, 1.54) is 0 Å². The molecule has 56 valence electrons. The van der Waals surface area contributed by atoms with Crippen LogP contribution in [0.5, 0.6) is 0 Å². The van der Waals surface area contributed by atoms with Crippen LogP contribution in [0.1, 0.15) is 0 Å². The normalized spacial score (nSPS) is 10.0. The predicted molar refractivity (Wildman–Crippen MR) is 33.2 cm³/mol. The highest BCUT2D eigenvalue weighted by Crippen LogP contribution is 1.90. The number of sulfonamides is 1. The maximum absolute atomic E-state index is 10.5. The number of hydrogen-bond acceptors (Lipinski definition) is 4. The molecule has 1 amide bonds. The molecule has 0 fully saturated rings. The third kappa shape index (κ3) is 2.46. The fraction of sp³-hybridized carbons (Fsp3) is 0.500. The van der Waals surface area contributed by atoms with Crippen LogP contribution in [0, 0.1) is 11.3 Å². The SMILES string of the molecule is CS(=O)(=O)N(C=O)CC#N. The molecule has 0 unspecified atom stereocenters. The Morgan fingerprint density at radius 2 is 2.20 bits per heavy atom. The Hall–Kier alpha value is -1.09. The van der Waals surface area contributed by atoms with E-state index in [2.05, 4.69) is 0 Å². The second-order valence-corrected chi connectivity index (χ2v) is 3.51. The molecule has 0 aromatic carbocycles. The number of rotatable bonds is 3. The van der Waals surface area contributed by atoms with Gasteiger partial charge >= 0.3 is 0 Å². The summed E-state index contributed by atoms with van der Waals surface area (Å²) in [4.78, 5) is 9.94. The Morgan fingerprint density at radius 1 is 1.70 bits per heavy atom. The summed E-state index contributed by atoms with van der Waals surface area (Å²) in [6, 6.07) is 1.54. The number of carbonyl (C=O) groups excluding carboxylic acids is 1. The summed E-state index contributed by atoms with van der Waals surface area (Å²) < 4.78 is 21.4. The van der Waals surface area contributed by atoms with Gasteiger partial charge in [0.25, 0.3) is 0 Å². The Morgan fingerprint density at radius 3 is 2.30 bits per heavy atom. The molecule has 0 aliphatic rings. The lowest BCUT2D eigenvalue weighted by molar-refractivity contribution is -0.113. The van der Waals surface area contributed by atoms with Crippen molar-refractivity contribution in [2.24, 2.45) is 0 Å². The highest BCUT2D eigenvalue weighted by Gasteiger charge is 2.11. The lowest BCUT2D eigenvalue weighted by Crippen LogP contribution is -2.28. The lowest BCUT2D eigenvalue weighted by Gasteiger charge is -2.08. The maximum Gasteiger partial charge on any atom is 0.235 e. The molecule has 0 spiro atoms. The molecular weight excluding hydrogens is 156 g/mol. The zero-order chi connectivity index (χ0) is 8.20. The molecule has 5 nitrogen and oxygen atoms in total. The molecule has 0 aliphatic heterocycles. The molecule has 0 saturated heterocycles. The van der Waals surface area contributed by atoms with Gasteiger partial charge in [-0.15, -0.1) is 0 Å². The van der Waals surface area contributed by atoms with Crippen molar-refractivity contribution in [2.75, 3.05) is 12.8 Å². The van der Waals surface area contributed by atoms with Gasteiger partial charge in [-0.05, 0) is 0 Å². The molecule has 0 radical (unpaired) electrons. The van der Waals surface area contributed by atoms with Crippen LogP contribution >= 0.6 is 0 Å². The van der Waals surface area contributed by atoms with Crippen LogP contribution in [-0.2, 0) is 14.8 Å². The molecule has 0 bridgehead atoms. The van der Waals surface area contributed by atoms with Crippen LogP contribution in [-0.4, -0.2) is 31.9 Å². The quantitative estimate of drug-likeness (QED) is 0.391. The zero-order valence-electron chi connectivity index (χ0n) is 5.31. The summed E-state index contributed by atoms with van der Waals surface area (Å²) in [7, 11) is -3.53. The van der Waals surface area contributed by atoms with Crippen LogP contribution in [0.15, 0.2) is 0 Å². The van der Waals surface area contributed by atoms with Crippen LogP contribution < -0.4 is 0 Å². The van der Waals surface area contributed by atoms with Gasteiger partial charge in [0.15, 0.2) is 0 Å². The van der Waals surface area contributed by atoms with Crippen LogP contribution in [0.4, 0.5) is 0 Å². The van der Waals surface area contributed by atoms with E-state index in [-0.39, 0.29) is 6.41 Å². The fourth-order valence-corrected chi connectivity index (χ4v) is 0.751. The smallest absolute Gasteiger partial charge is 0.235 e. The molecular formula is C4H6N2O3S. The Bertz CT molecular complexity index is 250. The van der Waals surface area contributed by atoms with Crippen molar-refractivity contribution in [3.63, 3.8) is 0 Å². The topological polar surface area (TPSA) is 78.2 Å². The summed E-state index contributed by atoms with van der Waals surface area (Å²) >= 11 is 0. The molecule has 0 aliphatic carbocycles. The van der Waals surface area contributed by atoms with Crippen LogP contribution in [0.25, 0.3) is 0 Å². The maximum atomic E-state index is 10.5. The number of amides is 1. The Labute approximate surface area is 58.9 Å². The van der Waals surface area contributed by atoms with E-state index >= 15 is 0 Å². The van der Waals surface area contributed by atoms with Gasteiger partial charge in [-0.25, -0.2) is 12.7 Å². The van der Waals surface area contributed by atoms with Crippen molar-refractivity contribution >= 4 is 16.4 Å². The van der Waals surface area contributed by atoms with E-state index in [9.17, 15) is 13.2 Å². The molecule has 0 aromatic heterocycles. The van der Waals surface area contributed by atoms with E-state index in [1.807, 2.05) is 0 Å². The monoisotopic (exact) mass is 162 g/mol. The van der Waals surface area contributed by atoms with Gasteiger partial charge in [0, 0.05) is 0 Å². The third-order valence-corrected chi connectivity index (χ3v) is 1.84. The third-order valence-electron chi connectivity index (χ3n) is 0.770. The highest BCUT2D eigenvalue weighted by molar-refractivity contribution is 7.88. The zero-order valence-corrected chi connectivity index (χ0v) is 6.13. The lowest BCUT2D eigenvalue weighted by atomic mass is 10.7. The van der Waals surface area contributed by atoms with Crippen molar-refractivity contribution in [3.05, 3.63) is 0 Å². The summed E-state index contributed by atoms with van der Waals surface area (Å²) in [5.41, 5.74) is 0. The summed E-state index contributed by atoms with van der Waals surface area (Å²) in [6.07, 6.45) is 0.970. The first kappa shape index (κ1) is 8.91. The number of nitrogens with zero attached hydrogens (tertiary/aromatic N) is 2. The van der Waals surface area contributed by atoms with Gasteiger partial charge < -0.3 is 0 Å². The second-order valence-electron chi connectivity index (χ2n) is 1.57. The summed E-state index contributed by atoms with van der Waals surface area (Å²) in [6.45, 7) is -0.428.